The third kappa shape index (κ3) is 1.37. The summed E-state index contributed by atoms with van der Waals surface area (Å²) in [5.41, 5.74) is 0.522. The van der Waals surface area contributed by atoms with Gasteiger partial charge in [0, 0.05) is 0 Å². The molecule has 5 heteroatoms. The number of nitrogens with zero attached hydrogens (tertiary/aromatic N) is 2. The van der Waals surface area contributed by atoms with E-state index in [-0.39, 0.29) is 17.5 Å². The Labute approximate surface area is 103 Å². The van der Waals surface area contributed by atoms with Crippen LogP contribution < -0.4 is 10.9 Å². The minimum atomic E-state index is -0.513. The van der Waals surface area contributed by atoms with Crippen LogP contribution >= 0.6 is 0 Å². The van der Waals surface area contributed by atoms with E-state index >= 15 is 0 Å². The summed E-state index contributed by atoms with van der Waals surface area (Å²) in [6.07, 6.45) is 0. The number of rotatable bonds is 0. The lowest BCUT2D eigenvalue weighted by Crippen LogP contribution is -2.45. The van der Waals surface area contributed by atoms with Crippen molar-refractivity contribution in [2.45, 2.75) is 25.9 Å². The zero-order chi connectivity index (χ0) is 12.9. The summed E-state index contributed by atoms with van der Waals surface area (Å²) in [6.45, 7) is 3.54. The predicted molar refractivity (Wildman–Crippen MR) is 67.3 cm³/mol. The highest BCUT2D eigenvalue weighted by Crippen LogP contribution is 2.21. The van der Waals surface area contributed by atoms with Crippen LogP contribution in [0.4, 0.5) is 0 Å². The molecule has 1 aliphatic heterocycles. The average Bonchev–Trinajstić information content (AvgIpc) is 2.36. The largest absolute Gasteiger partial charge is 0.345 e. The summed E-state index contributed by atoms with van der Waals surface area (Å²) in [5, 5.41) is 3.37. The monoisotopic (exact) mass is 243 g/mol. The topological polar surface area (TPSA) is 64.0 Å². The van der Waals surface area contributed by atoms with E-state index in [0.29, 0.717) is 16.7 Å². The molecule has 0 saturated carbocycles. The second-order valence-corrected chi connectivity index (χ2v) is 4.57. The summed E-state index contributed by atoms with van der Waals surface area (Å²) >= 11 is 0. The molecule has 1 aromatic carbocycles. The smallest absolute Gasteiger partial charge is 0.262 e. The number of hydrogen-bond donors (Lipinski definition) is 1. The highest BCUT2D eigenvalue weighted by Gasteiger charge is 2.30. The Morgan fingerprint density at radius 3 is 2.72 bits per heavy atom. The van der Waals surface area contributed by atoms with E-state index in [4.69, 9.17) is 0 Å². The Bertz CT molecular complexity index is 705. The Balaban J connectivity index is 2.43. The lowest BCUT2D eigenvalue weighted by Gasteiger charge is -2.29. The van der Waals surface area contributed by atoms with Crippen LogP contribution in [0.2, 0.25) is 0 Å². The fraction of sp³-hybridized carbons (Fsp3) is 0.308. The van der Waals surface area contributed by atoms with Gasteiger partial charge in [-0.2, -0.15) is 0 Å². The van der Waals surface area contributed by atoms with Crippen molar-refractivity contribution in [2.75, 3.05) is 0 Å². The quantitative estimate of drug-likeness (QED) is 0.754. The van der Waals surface area contributed by atoms with Gasteiger partial charge in [-0.15, -0.1) is 0 Å². The van der Waals surface area contributed by atoms with Crippen LogP contribution in [0.15, 0.2) is 29.1 Å². The molecular formula is C13H13N3O2. The molecular weight excluding hydrogens is 230 g/mol. The lowest BCUT2D eigenvalue weighted by atomic mass is 10.1. The van der Waals surface area contributed by atoms with Crippen LogP contribution in [0.1, 0.15) is 31.8 Å². The fourth-order valence-electron chi connectivity index (χ4n) is 2.36. The van der Waals surface area contributed by atoms with Crippen LogP contribution in [-0.4, -0.2) is 15.5 Å². The van der Waals surface area contributed by atoms with Gasteiger partial charge in [-0.25, -0.2) is 4.98 Å². The molecule has 0 radical (unpaired) electrons. The van der Waals surface area contributed by atoms with Crippen molar-refractivity contribution in [3.63, 3.8) is 0 Å². The van der Waals surface area contributed by atoms with Crippen molar-refractivity contribution >= 4 is 16.8 Å². The van der Waals surface area contributed by atoms with E-state index in [1.165, 1.54) is 4.57 Å². The van der Waals surface area contributed by atoms with E-state index in [1.54, 1.807) is 19.1 Å². The summed E-state index contributed by atoms with van der Waals surface area (Å²) in [7, 11) is 0. The number of hydrogen-bond acceptors (Lipinski definition) is 3. The number of aromatic nitrogens is 2. The van der Waals surface area contributed by atoms with Gasteiger partial charge in [0.25, 0.3) is 5.56 Å². The molecule has 2 unspecified atom stereocenters. The summed E-state index contributed by atoms with van der Waals surface area (Å²) in [6, 6.07) is 6.44. The number of nitrogens with one attached hydrogen (secondary N) is 1. The molecule has 2 heterocycles. The Morgan fingerprint density at radius 1 is 1.22 bits per heavy atom. The van der Waals surface area contributed by atoms with Gasteiger partial charge in [-0.05, 0) is 26.0 Å². The van der Waals surface area contributed by atoms with Crippen molar-refractivity contribution in [3.05, 3.63) is 40.4 Å². The Hall–Kier alpha value is -2.17. The summed E-state index contributed by atoms with van der Waals surface area (Å²) in [5.74, 6) is 0.472. The molecule has 18 heavy (non-hydrogen) atoms. The third-order valence-corrected chi connectivity index (χ3v) is 3.35. The number of carbonyl (C=O) groups is 1. The molecule has 3 rings (SSSR count). The van der Waals surface area contributed by atoms with E-state index in [1.807, 2.05) is 19.1 Å². The third-order valence-electron chi connectivity index (χ3n) is 3.35. The molecule has 0 saturated heterocycles. The van der Waals surface area contributed by atoms with Crippen LogP contribution in [0.25, 0.3) is 10.9 Å². The molecule has 0 spiro atoms. The molecule has 2 aromatic rings. The van der Waals surface area contributed by atoms with Gasteiger partial charge >= 0.3 is 0 Å². The van der Waals surface area contributed by atoms with Gasteiger partial charge in [0.1, 0.15) is 11.9 Å². The predicted octanol–water partition coefficient (Wildman–Crippen LogP) is 1.15. The minimum absolute atomic E-state index is 0.144. The van der Waals surface area contributed by atoms with Gasteiger partial charge in [0.15, 0.2) is 0 Å². The normalized spacial score (nSPS) is 22.7. The molecule has 5 nitrogen and oxygen atoms in total. The highest BCUT2D eigenvalue weighted by atomic mass is 16.2. The molecule has 1 aliphatic rings. The number of benzene rings is 1. The summed E-state index contributed by atoms with van der Waals surface area (Å²) in [4.78, 5) is 28.7. The molecule has 92 valence electrons. The van der Waals surface area contributed by atoms with E-state index < -0.39 is 6.04 Å². The van der Waals surface area contributed by atoms with Gasteiger partial charge in [0.05, 0.1) is 16.9 Å². The van der Waals surface area contributed by atoms with E-state index in [0.717, 1.165) is 0 Å². The second kappa shape index (κ2) is 3.66. The SMILES string of the molecule is CC1NC(=O)C(C)n2c1nc1ccccc1c2=O. The molecule has 0 aliphatic carbocycles. The molecule has 2 atom stereocenters. The maximum atomic E-state index is 12.4. The average molecular weight is 243 g/mol. The fourth-order valence-corrected chi connectivity index (χ4v) is 2.36. The number of para-hydroxylation sites is 1. The molecule has 1 aromatic heterocycles. The number of fused-ring (bicyclic) bond motifs is 2. The number of carbonyl (C=O) groups excluding carboxylic acids is 1. The number of amides is 1. The van der Waals surface area contributed by atoms with E-state index in [9.17, 15) is 9.59 Å². The van der Waals surface area contributed by atoms with Crippen LogP contribution in [0.3, 0.4) is 0 Å². The first-order valence-corrected chi connectivity index (χ1v) is 5.91. The van der Waals surface area contributed by atoms with E-state index in [2.05, 4.69) is 10.3 Å². The van der Waals surface area contributed by atoms with Crippen LogP contribution in [0, 0.1) is 0 Å². The van der Waals surface area contributed by atoms with Crippen molar-refractivity contribution in [2.24, 2.45) is 0 Å². The van der Waals surface area contributed by atoms with Gasteiger partial charge in [0.2, 0.25) is 5.91 Å². The molecule has 0 fully saturated rings. The van der Waals surface area contributed by atoms with Crippen LogP contribution in [0.5, 0.6) is 0 Å². The Morgan fingerprint density at radius 2 is 1.94 bits per heavy atom. The first kappa shape index (κ1) is 11.0. The van der Waals surface area contributed by atoms with Gasteiger partial charge in [-0.1, -0.05) is 12.1 Å². The molecule has 1 N–H and O–H groups in total. The van der Waals surface area contributed by atoms with Gasteiger partial charge in [-0.3, -0.25) is 14.2 Å². The zero-order valence-electron chi connectivity index (χ0n) is 10.2. The maximum absolute atomic E-state index is 12.4. The van der Waals surface area contributed by atoms with Crippen LogP contribution in [-0.2, 0) is 4.79 Å². The molecule has 1 amide bonds. The first-order valence-electron chi connectivity index (χ1n) is 5.91. The first-order chi connectivity index (χ1) is 8.59. The highest BCUT2D eigenvalue weighted by molar-refractivity contribution is 5.83. The molecule has 0 bridgehead atoms. The zero-order valence-corrected chi connectivity index (χ0v) is 10.2. The summed E-state index contributed by atoms with van der Waals surface area (Å²) < 4.78 is 1.49. The van der Waals surface area contributed by atoms with Crippen molar-refractivity contribution < 1.29 is 4.79 Å². The van der Waals surface area contributed by atoms with Crippen molar-refractivity contribution in [1.29, 1.82) is 0 Å². The van der Waals surface area contributed by atoms with Crippen molar-refractivity contribution in [1.82, 2.24) is 14.9 Å². The standard InChI is InChI=1S/C13H13N3O2/c1-7-11-15-10-6-4-3-5-9(10)13(18)16(11)8(2)12(17)14-7/h3-8H,1-2H3,(H,14,17). The van der Waals surface area contributed by atoms with Crippen molar-refractivity contribution in [3.8, 4) is 0 Å². The minimum Gasteiger partial charge on any atom is -0.345 e. The second-order valence-electron chi connectivity index (χ2n) is 4.57. The maximum Gasteiger partial charge on any atom is 0.262 e. The van der Waals surface area contributed by atoms with Gasteiger partial charge < -0.3 is 5.32 Å². The Kier molecular flexibility index (Phi) is 2.23. The lowest BCUT2D eigenvalue weighted by molar-refractivity contribution is -0.125.